The molecule has 1 atom stereocenters. The van der Waals surface area contributed by atoms with Gasteiger partial charge in [0, 0.05) is 6.04 Å². The van der Waals surface area contributed by atoms with Crippen molar-refractivity contribution in [1.82, 2.24) is 0 Å². The van der Waals surface area contributed by atoms with Crippen LogP contribution in [-0.4, -0.2) is 0 Å². The lowest BCUT2D eigenvalue weighted by atomic mass is 10.1. The first-order valence-corrected chi connectivity index (χ1v) is 6.21. The van der Waals surface area contributed by atoms with Gasteiger partial charge in [-0.2, -0.15) is 5.26 Å². The van der Waals surface area contributed by atoms with Crippen molar-refractivity contribution in [3.63, 3.8) is 0 Å². The molecule has 0 amide bonds. The van der Waals surface area contributed by atoms with E-state index in [0.29, 0.717) is 22.1 Å². The molecule has 2 N–H and O–H groups in total. The molecular formula is C15H13ClN2O. The molecule has 0 aromatic heterocycles. The van der Waals surface area contributed by atoms with Crippen LogP contribution >= 0.6 is 11.6 Å². The first kappa shape index (κ1) is 13.4. The van der Waals surface area contributed by atoms with Gasteiger partial charge < -0.3 is 10.5 Å². The SMILES string of the molecule is CC(N)c1ccc(Oc2ccc(C#N)cc2)c(Cl)c1. The number of nitriles is 1. The van der Waals surface area contributed by atoms with Crippen LogP contribution in [0.15, 0.2) is 42.5 Å². The summed E-state index contributed by atoms with van der Waals surface area (Å²) in [7, 11) is 0. The first-order valence-electron chi connectivity index (χ1n) is 5.83. The van der Waals surface area contributed by atoms with Gasteiger partial charge in [-0.3, -0.25) is 0 Å². The Hall–Kier alpha value is -2.02. The fraction of sp³-hybridized carbons (Fsp3) is 0.133. The molecule has 0 aliphatic heterocycles. The van der Waals surface area contributed by atoms with Crippen molar-refractivity contribution in [2.45, 2.75) is 13.0 Å². The van der Waals surface area contributed by atoms with E-state index in [-0.39, 0.29) is 6.04 Å². The van der Waals surface area contributed by atoms with E-state index in [0.717, 1.165) is 5.56 Å². The molecule has 0 saturated heterocycles. The molecule has 0 aliphatic carbocycles. The van der Waals surface area contributed by atoms with Crippen molar-refractivity contribution in [2.75, 3.05) is 0 Å². The van der Waals surface area contributed by atoms with Crippen molar-refractivity contribution in [3.8, 4) is 17.6 Å². The summed E-state index contributed by atoms with van der Waals surface area (Å²) in [4.78, 5) is 0. The molecule has 2 rings (SSSR count). The molecular weight excluding hydrogens is 260 g/mol. The Labute approximate surface area is 117 Å². The summed E-state index contributed by atoms with van der Waals surface area (Å²) in [5.74, 6) is 1.20. The molecule has 0 saturated carbocycles. The normalized spacial score (nSPS) is 11.7. The number of halogens is 1. The third-order valence-electron chi connectivity index (χ3n) is 2.69. The predicted molar refractivity (Wildman–Crippen MR) is 75.3 cm³/mol. The minimum Gasteiger partial charge on any atom is -0.456 e. The molecule has 1 unspecified atom stereocenters. The van der Waals surface area contributed by atoms with Crippen molar-refractivity contribution in [1.29, 1.82) is 5.26 Å². The van der Waals surface area contributed by atoms with Crippen LogP contribution in [0.1, 0.15) is 24.1 Å². The summed E-state index contributed by atoms with van der Waals surface area (Å²) in [5, 5.41) is 9.23. The maximum absolute atomic E-state index is 8.72. The Morgan fingerprint density at radius 3 is 2.42 bits per heavy atom. The topological polar surface area (TPSA) is 59.0 Å². The van der Waals surface area contributed by atoms with Crippen LogP contribution in [0.25, 0.3) is 0 Å². The van der Waals surface area contributed by atoms with E-state index in [4.69, 9.17) is 27.3 Å². The van der Waals surface area contributed by atoms with Gasteiger partial charge in [0.25, 0.3) is 0 Å². The average Bonchev–Trinajstić information content (AvgIpc) is 2.41. The molecule has 0 spiro atoms. The Bertz CT molecular complexity index is 615. The maximum atomic E-state index is 8.72. The van der Waals surface area contributed by atoms with Gasteiger partial charge in [-0.15, -0.1) is 0 Å². The van der Waals surface area contributed by atoms with Crippen molar-refractivity contribution in [2.24, 2.45) is 5.73 Å². The van der Waals surface area contributed by atoms with Gasteiger partial charge in [0.2, 0.25) is 0 Å². The van der Waals surface area contributed by atoms with Gasteiger partial charge in [0.15, 0.2) is 0 Å². The fourth-order valence-corrected chi connectivity index (χ4v) is 1.84. The van der Waals surface area contributed by atoms with E-state index in [9.17, 15) is 0 Å². The number of ether oxygens (including phenoxy) is 1. The van der Waals surface area contributed by atoms with E-state index >= 15 is 0 Å². The van der Waals surface area contributed by atoms with E-state index in [1.54, 1.807) is 36.4 Å². The number of rotatable bonds is 3. The number of benzene rings is 2. The van der Waals surface area contributed by atoms with Crippen molar-refractivity contribution in [3.05, 3.63) is 58.6 Å². The van der Waals surface area contributed by atoms with E-state index in [1.165, 1.54) is 0 Å². The summed E-state index contributed by atoms with van der Waals surface area (Å²) in [6.45, 7) is 1.90. The summed E-state index contributed by atoms with van der Waals surface area (Å²) in [5.41, 5.74) is 7.33. The second kappa shape index (κ2) is 5.75. The largest absolute Gasteiger partial charge is 0.456 e. The lowest BCUT2D eigenvalue weighted by molar-refractivity contribution is 0.482. The summed E-state index contributed by atoms with van der Waals surface area (Å²) in [6.07, 6.45) is 0. The number of nitrogens with two attached hydrogens (primary N) is 1. The highest BCUT2D eigenvalue weighted by molar-refractivity contribution is 6.32. The molecule has 0 radical (unpaired) electrons. The number of hydrogen-bond acceptors (Lipinski definition) is 3. The lowest BCUT2D eigenvalue weighted by Crippen LogP contribution is -2.04. The second-order valence-electron chi connectivity index (χ2n) is 4.22. The highest BCUT2D eigenvalue weighted by Crippen LogP contribution is 2.31. The van der Waals surface area contributed by atoms with E-state index < -0.39 is 0 Å². The standard InChI is InChI=1S/C15H13ClN2O/c1-10(18)12-4-7-15(14(16)8-12)19-13-5-2-11(9-17)3-6-13/h2-8,10H,18H2,1H3. The molecule has 4 heteroatoms. The minimum absolute atomic E-state index is 0.0681. The van der Waals surface area contributed by atoms with E-state index in [1.807, 2.05) is 13.0 Å². The predicted octanol–water partition coefficient (Wildman–Crippen LogP) is 4.02. The van der Waals surface area contributed by atoms with Gasteiger partial charge in [-0.25, -0.2) is 0 Å². The molecule has 0 bridgehead atoms. The fourth-order valence-electron chi connectivity index (χ4n) is 1.61. The average molecular weight is 273 g/mol. The van der Waals surface area contributed by atoms with Crippen molar-refractivity contribution >= 4 is 11.6 Å². The van der Waals surface area contributed by atoms with Gasteiger partial charge in [0.05, 0.1) is 16.7 Å². The molecule has 3 nitrogen and oxygen atoms in total. The van der Waals surface area contributed by atoms with Crippen LogP contribution < -0.4 is 10.5 Å². The number of hydrogen-bond donors (Lipinski definition) is 1. The zero-order chi connectivity index (χ0) is 13.8. The van der Waals surface area contributed by atoms with Crippen LogP contribution in [0.3, 0.4) is 0 Å². The smallest absolute Gasteiger partial charge is 0.146 e. The van der Waals surface area contributed by atoms with Gasteiger partial charge in [-0.1, -0.05) is 17.7 Å². The molecule has 0 heterocycles. The van der Waals surface area contributed by atoms with Crippen molar-refractivity contribution < 1.29 is 4.74 Å². The molecule has 96 valence electrons. The lowest BCUT2D eigenvalue weighted by Gasteiger charge is -2.11. The van der Waals surface area contributed by atoms with Gasteiger partial charge in [0.1, 0.15) is 11.5 Å². The van der Waals surface area contributed by atoms with Crippen LogP contribution in [0.5, 0.6) is 11.5 Å². The highest BCUT2D eigenvalue weighted by Gasteiger charge is 2.07. The summed E-state index contributed by atoms with van der Waals surface area (Å²) in [6, 6.07) is 14.3. The second-order valence-corrected chi connectivity index (χ2v) is 4.62. The van der Waals surface area contributed by atoms with Crippen LogP contribution in [0.2, 0.25) is 5.02 Å². The molecule has 0 fully saturated rings. The van der Waals surface area contributed by atoms with Crippen LogP contribution in [0.4, 0.5) is 0 Å². The molecule has 2 aromatic rings. The zero-order valence-electron chi connectivity index (χ0n) is 10.4. The zero-order valence-corrected chi connectivity index (χ0v) is 11.2. The molecule has 2 aromatic carbocycles. The molecule has 0 aliphatic rings. The Morgan fingerprint density at radius 2 is 1.89 bits per heavy atom. The number of nitrogens with zero attached hydrogens (tertiary/aromatic N) is 1. The maximum Gasteiger partial charge on any atom is 0.146 e. The van der Waals surface area contributed by atoms with Crippen LogP contribution in [0, 0.1) is 11.3 Å². The Kier molecular flexibility index (Phi) is 4.06. The highest BCUT2D eigenvalue weighted by atomic mass is 35.5. The first-order chi connectivity index (χ1) is 9.10. The van der Waals surface area contributed by atoms with Gasteiger partial charge >= 0.3 is 0 Å². The van der Waals surface area contributed by atoms with Gasteiger partial charge in [-0.05, 0) is 48.9 Å². The van der Waals surface area contributed by atoms with Crippen LogP contribution in [-0.2, 0) is 0 Å². The van der Waals surface area contributed by atoms with E-state index in [2.05, 4.69) is 6.07 Å². The quantitative estimate of drug-likeness (QED) is 0.918. The monoisotopic (exact) mass is 272 g/mol. The minimum atomic E-state index is -0.0681. The Balaban J connectivity index is 2.21. The third kappa shape index (κ3) is 3.25. The molecule has 19 heavy (non-hydrogen) atoms. The third-order valence-corrected chi connectivity index (χ3v) is 2.99. The Morgan fingerprint density at radius 1 is 1.21 bits per heavy atom. The summed E-state index contributed by atoms with van der Waals surface area (Å²) < 4.78 is 5.66. The summed E-state index contributed by atoms with van der Waals surface area (Å²) >= 11 is 6.15.